The number of benzene rings is 1. The third kappa shape index (κ3) is 4.87. The Morgan fingerprint density at radius 2 is 2.05 bits per heavy atom. The van der Waals surface area contributed by atoms with Crippen molar-refractivity contribution in [2.45, 2.75) is 19.3 Å². The lowest BCUT2D eigenvalue weighted by Gasteiger charge is -2.15. The Labute approximate surface area is 133 Å². The molecule has 1 saturated heterocycles. The van der Waals surface area contributed by atoms with Gasteiger partial charge in [0.25, 0.3) is 5.91 Å². The molecule has 1 N–H and O–H groups in total. The number of nitrogens with one attached hydrogen (secondary N) is 1. The third-order valence-electron chi connectivity index (χ3n) is 3.38. The SMILES string of the molecule is O=C(COc1ccc(F)c(Cl)c1)NCCC(=O)N1CCCC1. The number of ether oxygens (including phenoxy) is 1. The van der Waals surface area contributed by atoms with E-state index in [1.165, 1.54) is 18.2 Å². The number of rotatable bonds is 6. The molecule has 0 unspecified atom stereocenters. The van der Waals surface area contributed by atoms with Crippen molar-refractivity contribution in [2.24, 2.45) is 0 Å². The molecule has 1 heterocycles. The van der Waals surface area contributed by atoms with Crippen molar-refractivity contribution in [3.63, 3.8) is 0 Å². The highest BCUT2D eigenvalue weighted by molar-refractivity contribution is 6.30. The normalized spacial score (nSPS) is 14.0. The number of likely N-dealkylation sites (tertiary alicyclic amines) is 1. The highest BCUT2D eigenvalue weighted by Crippen LogP contribution is 2.20. The van der Waals surface area contributed by atoms with Crippen LogP contribution in [0.25, 0.3) is 0 Å². The van der Waals surface area contributed by atoms with Crippen molar-refractivity contribution in [1.82, 2.24) is 10.2 Å². The first-order valence-electron chi connectivity index (χ1n) is 7.18. The minimum Gasteiger partial charge on any atom is -0.484 e. The zero-order chi connectivity index (χ0) is 15.9. The second-order valence-electron chi connectivity index (χ2n) is 5.05. The molecule has 2 rings (SSSR count). The molecule has 5 nitrogen and oxygen atoms in total. The van der Waals surface area contributed by atoms with E-state index in [4.69, 9.17) is 16.3 Å². The fraction of sp³-hybridized carbons (Fsp3) is 0.467. The van der Waals surface area contributed by atoms with Gasteiger partial charge in [0.1, 0.15) is 11.6 Å². The molecule has 22 heavy (non-hydrogen) atoms. The summed E-state index contributed by atoms with van der Waals surface area (Å²) in [5.41, 5.74) is 0. The van der Waals surface area contributed by atoms with Gasteiger partial charge in [-0.1, -0.05) is 11.6 Å². The molecule has 120 valence electrons. The van der Waals surface area contributed by atoms with Gasteiger partial charge >= 0.3 is 0 Å². The van der Waals surface area contributed by atoms with Gasteiger partial charge < -0.3 is 15.0 Å². The zero-order valence-corrected chi connectivity index (χ0v) is 12.9. The van der Waals surface area contributed by atoms with Crippen molar-refractivity contribution in [2.75, 3.05) is 26.2 Å². The molecular formula is C15H18ClFN2O3. The van der Waals surface area contributed by atoms with Crippen molar-refractivity contribution < 1.29 is 18.7 Å². The molecule has 0 aromatic heterocycles. The molecule has 1 fully saturated rings. The highest BCUT2D eigenvalue weighted by Gasteiger charge is 2.17. The van der Waals surface area contributed by atoms with E-state index in [0.29, 0.717) is 5.75 Å². The third-order valence-corrected chi connectivity index (χ3v) is 3.67. The van der Waals surface area contributed by atoms with Gasteiger partial charge in [0, 0.05) is 32.1 Å². The van der Waals surface area contributed by atoms with Gasteiger partial charge in [-0.25, -0.2) is 4.39 Å². The van der Waals surface area contributed by atoms with E-state index in [1.807, 2.05) is 4.90 Å². The van der Waals surface area contributed by atoms with Crippen molar-refractivity contribution in [1.29, 1.82) is 0 Å². The minimum atomic E-state index is -0.543. The Balaban J connectivity index is 1.65. The first kappa shape index (κ1) is 16.5. The van der Waals surface area contributed by atoms with Crippen molar-refractivity contribution >= 4 is 23.4 Å². The molecule has 0 bridgehead atoms. The number of halogens is 2. The predicted molar refractivity (Wildman–Crippen MR) is 80.3 cm³/mol. The van der Waals surface area contributed by atoms with Crippen LogP contribution in [0.5, 0.6) is 5.75 Å². The molecule has 1 aliphatic rings. The Kier molecular flexibility index (Phi) is 6.00. The number of amides is 2. The lowest BCUT2D eigenvalue weighted by molar-refractivity contribution is -0.130. The molecule has 0 aliphatic carbocycles. The fourth-order valence-corrected chi connectivity index (χ4v) is 2.37. The van der Waals surface area contributed by atoms with Crippen LogP contribution in [0.4, 0.5) is 4.39 Å². The van der Waals surface area contributed by atoms with Gasteiger partial charge in [-0.3, -0.25) is 9.59 Å². The molecule has 1 aliphatic heterocycles. The molecule has 0 spiro atoms. The van der Waals surface area contributed by atoms with Crippen LogP contribution < -0.4 is 10.1 Å². The molecule has 1 aromatic rings. The summed E-state index contributed by atoms with van der Waals surface area (Å²) < 4.78 is 18.2. The lowest BCUT2D eigenvalue weighted by Crippen LogP contribution is -2.34. The van der Waals surface area contributed by atoms with Crippen LogP contribution in [0.3, 0.4) is 0 Å². The molecule has 1 aromatic carbocycles. The van der Waals surface area contributed by atoms with E-state index in [9.17, 15) is 14.0 Å². The van der Waals surface area contributed by atoms with E-state index in [1.54, 1.807) is 0 Å². The van der Waals surface area contributed by atoms with Crippen LogP contribution in [0.2, 0.25) is 5.02 Å². The van der Waals surface area contributed by atoms with Gasteiger partial charge in [-0.2, -0.15) is 0 Å². The van der Waals surface area contributed by atoms with Crippen LogP contribution in [-0.2, 0) is 9.59 Å². The second-order valence-corrected chi connectivity index (χ2v) is 5.46. The van der Waals surface area contributed by atoms with Crippen molar-refractivity contribution in [3.05, 3.63) is 29.0 Å². The summed E-state index contributed by atoms with van der Waals surface area (Å²) in [6.45, 7) is 1.68. The maximum atomic E-state index is 13.0. The molecule has 0 radical (unpaired) electrons. The Morgan fingerprint density at radius 3 is 2.73 bits per heavy atom. The molecule has 7 heteroatoms. The fourth-order valence-electron chi connectivity index (χ4n) is 2.20. The summed E-state index contributed by atoms with van der Waals surface area (Å²) in [5, 5.41) is 2.55. The number of carbonyl (C=O) groups is 2. The largest absolute Gasteiger partial charge is 0.484 e. The topological polar surface area (TPSA) is 58.6 Å². The maximum absolute atomic E-state index is 13.0. The summed E-state index contributed by atoms with van der Waals surface area (Å²) in [7, 11) is 0. The van der Waals surface area contributed by atoms with Gasteiger partial charge in [0.15, 0.2) is 6.61 Å². The Bertz CT molecular complexity index is 548. The van der Waals surface area contributed by atoms with E-state index in [-0.39, 0.29) is 36.4 Å². The zero-order valence-electron chi connectivity index (χ0n) is 12.1. The van der Waals surface area contributed by atoms with Gasteiger partial charge in [0.05, 0.1) is 5.02 Å². The molecule has 2 amide bonds. The summed E-state index contributed by atoms with van der Waals surface area (Å²) in [6.07, 6.45) is 2.38. The number of nitrogens with zero attached hydrogens (tertiary/aromatic N) is 1. The average molecular weight is 329 g/mol. The number of hydrogen-bond acceptors (Lipinski definition) is 3. The Morgan fingerprint density at radius 1 is 1.32 bits per heavy atom. The monoisotopic (exact) mass is 328 g/mol. The van der Waals surface area contributed by atoms with Gasteiger partial charge in [-0.05, 0) is 25.0 Å². The minimum absolute atomic E-state index is 0.0593. The van der Waals surface area contributed by atoms with E-state index in [0.717, 1.165) is 25.9 Å². The molecular weight excluding hydrogens is 311 g/mol. The standard InChI is InChI=1S/C15H18ClFN2O3/c16-12-9-11(3-4-13(12)17)22-10-14(20)18-6-5-15(21)19-7-1-2-8-19/h3-4,9H,1-2,5-8,10H2,(H,18,20). The van der Waals surface area contributed by atoms with Crippen LogP contribution in [-0.4, -0.2) is 43.0 Å². The summed E-state index contributed by atoms with van der Waals surface area (Å²) in [5.74, 6) is -0.507. The van der Waals surface area contributed by atoms with Crippen molar-refractivity contribution in [3.8, 4) is 5.75 Å². The maximum Gasteiger partial charge on any atom is 0.257 e. The summed E-state index contributed by atoms with van der Waals surface area (Å²) in [4.78, 5) is 25.2. The van der Waals surface area contributed by atoms with Crippen LogP contribution in [0.1, 0.15) is 19.3 Å². The van der Waals surface area contributed by atoms with Crippen LogP contribution in [0, 0.1) is 5.82 Å². The van der Waals surface area contributed by atoms with Gasteiger partial charge in [-0.15, -0.1) is 0 Å². The number of carbonyl (C=O) groups excluding carboxylic acids is 2. The lowest BCUT2D eigenvalue weighted by atomic mass is 10.3. The van der Waals surface area contributed by atoms with E-state index < -0.39 is 5.82 Å². The second kappa shape index (κ2) is 7.98. The Hall–Kier alpha value is -1.82. The van der Waals surface area contributed by atoms with Crippen LogP contribution >= 0.6 is 11.6 Å². The average Bonchev–Trinajstić information content (AvgIpc) is 3.03. The molecule has 0 saturated carbocycles. The molecule has 0 atom stereocenters. The first-order chi connectivity index (χ1) is 10.6. The summed E-state index contributed by atoms with van der Waals surface area (Å²) in [6, 6.07) is 3.87. The van der Waals surface area contributed by atoms with E-state index >= 15 is 0 Å². The quantitative estimate of drug-likeness (QED) is 0.868. The van der Waals surface area contributed by atoms with Crippen LogP contribution in [0.15, 0.2) is 18.2 Å². The predicted octanol–water partition coefficient (Wildman–Crippen LogP) is 1.99. The first-order valence-corrected chi connectivity index (χ1v) is 7.56. The van der Waals surface area contributed by atoms with Gasteiger partial charge in [0.2, 0.25) is 5.91 Å². The smallest absolute Gasteiger partial charge is 0.257 e. The van der Waals surface area contributed by atoms with E-state index in [2.05, 4.69) is 5.32 Å². The highest BCUT2D eigenvalue weighted by atomic mass is 35.5. The number of hydrogen-bond donors (Lipinski definition) is 1. The summed E-state index contributed by atoms with van der Waals surface area (Å²) >= 11 is 5.61.